The van der Waals surface area contributed by atoms with Crippen molar-refractivity contribution in [2.24, 2.45) is 7.05 Å². The SMILES string of the molecule is Cn1c(Cl)cnc1CS(=O)(=O)CC1(O)CCCCC1. The molecule has 1 aliphatic rings. The maximum atomic E-state index is 12.2. The van der Waals surface area contributed by atoms with Gasteiger partial charge in [-0.15, -0.1) is 0 Å². The number of halogens is 1. The zero-order chi connectivity index (χ0) is 14.1. The average Bonchev–Trinajstić information content (AvgIpc) is 2.60. The molecule has 0 amide bonds. The number of sulfone groups is 1. The highest BCUT2D eigenvalue weighted by Crippen LogP contribution is 2.30. The summed E-state index contributed by atoms with van der Waals surface area (Å²) in [5.41, 5.74) is -1.06. The summed E-state index contributed by atoms with van der Waals surface area (Å²) in [5, 5.41) is 10.7. The summed E-state index contributed by atoms with van der Waals surface area (Å²) in [6, 6.07) is 0. The van der Waals surface area contributed by atoms with E-state index in [1.807, 2.05) is 0 Å². The molecule has 0 saturated heterocycles. The highest BCUT2D eigenvalue weighted by molar-refractivity contribution is 7.90. The fraction of sp³-hybridized carbons (Fsp3) is 0.750. The van der Waals surface area contributed by atoms with E-state index in [2.05, 4.69) is 4.98 Å². The minimum absolute atomic E-state index is 0.182. The van der Waals surface area contributed by atoms with Gasteiger partial charge >= 0.3 is 0 Å². The summed E-state index contributed by atoms with van der Waals surface area (Å²) >= 11 is 5.83. The zero-order valence-corrected chi connectivity index (χ0v) is 12.5. The fourth-order valence-corrected chi connectivity index (χ4v) is 4.59. The molecule has 0 aliphatic heterocycles. The van der Waals surface area contributed by atoms with Gasteiger partial charge in [0.2, 0.25) is 0 Å². The topological polar surface area (TPSA) is 72.2 Å². The lowest BCUT2D eigenvalue weighted by Gasteiger charge is -2.31. The first-order chi connectivity index (χ1) is 8.81. The van der Waals surface area contributed by atoms with Crippen molar-refractivity contribution in [3.63, 3.8) is 0 Å². The molecule has 2 rings (SSSR count). The molecular weight excluding hydrogens is 288 g/mol. The summed E-state index contributed by atoms with van der Waals surface area (Å²) < 4.78 is 25.9. The van der Waals surface area contributed by atoms with E-state index in [1.165, 1.54) is 6.20 Å². The third kappa shape index (κ3) is 3.70. The van der Waals surface area contributed by atoms with E-state index in [-0.39, 0.29) is 11.5 Å². The molecule has 19 heavy (non-hydrogen) atoms. The first kappa shape index (κ1) is 14.8. The third-order valence-electron chi connectivity index (χ3n) is 3.65. The van der Waals surface area contributed by atoms with Crippen LogP contribution in [0.15, 0.2) is 6.20 Å². The molecule has 5 nitrogen and oxygen atoms in total. The summed E-state index contributed by atoms with van der Waals surface area (Å²) in [7, 11) is -1.72. The first-order valence-electron chi connectivity index (χ1n) is 6.40. The molecule has 0 radical (unpaired) electrons. The van der Waals surface area contributed by atoms with E-state index >= 15 is 0 Å². The van der Waals surface area contributed by atoms with Crippen LogP contribution in [0, 0.1) is 0 Å². The van der Waals surface area contributed by atoms with Crippen LogP contribution < -0.4 is 0 Å². The molecular formula is C12H19ClN2O3S. The Bertz CT molecular complexity index is 547. The summed E-state index contributed by atoms with van der Waals surface area (Å²) in [6.45, 7) is 0. The van der Waals surface area contributed by atoms with Gasteiger partial charge in [0.05, 0.1) is 17.6 Å². The Hall–Kier alpha value is -0.590. The molecule has 1 aromatic heterocycles. The molecule has 1 heterocycles. The van der Waals surface area contributed by atoms with Crippen molar-refractivity contribution < 1.29 is 13.5 Å². The smallest absolute Gasteiger partial charge is 0.160 e. The van der Waals surface area contributed by atoms with Crippen molar-refractivity contribution in [3.05, 3.63) is 17.2 Å². The summed E-state index contributed by atoms with van der Waals surface area (Å²) in [4.78, 5) is 3.99. The Morgan fingerprint density at radius 2 is 2.05 bits per heavy atom. The monoisotopic (exact) mass is 306 g/mol. The summed E-state index contributed by atoms with van der Waals surface area (Å²) in [5.74, 6) is 0.0348. The molecule has 0 bridgehead atoms. The standard InChI is InChI=1S/C12H19ClN2O3S/c1-15-10(13)7-14-11(15)8-19(17,18)9-12(16)5-3-2-4-6-12/h7,16H,2-6,8-9H2,1H3. The Kier molecular flexibility index (Phi) is 4.23. The second kappa shape index (κ2) is 5.42. The van der Waals surface area contributed by atoms with Gasteiger partial charge in [-0.05, 0) is 12.8 Å². The predicted molar refractivity (Wildman–Crippen MR) is 73.7 cm³/mol. The van der Waals surface area contributed by atoms with Gasteiger partial charge in [-0.25, -0.2) is 13.4 Å². The van der Waals surface area contributed by atoms with Crippen LogP contribution in [-0.4, -0.2) is 34.4 Å². The molecule has 0 atom stereocenters. The Morgan fingerprint density at radius 3 is 2.58 bits per heavy atom. The predicted octanol–water partition coefficient (Wildman–Crippen LogP) is 1.68. The van der Waals surface area contributed by atoms with E-state index in [0.717, 1.165) is 19.3 Å². The molecule has 1 saturated carbocycles. The molecule has 1 aromatic rings. The van der Waals surface area contributed by atoms with Gasteiger partial charge in [0.15, 0.2) is 9.84 Å². The molecule has 1 fully saturated rings. The van der Waals surface area contributed by atoms with Crippen LogP contribution in [-0.2, 0) is 22.6 Å². The molecule has 0 aromatic carbocycles. The van der Waals surface area contributed by atoms with E-state index in [1.54, 1.807) is 11.6 Å². The highest BCUT2D eigenvalue weighted by Gasteiger charge is 2.35. The highest BCUT2D eigenvalue weighted by atomic mass is 35.5. The van der Waals surface area contributed by atoms with Crippen LogP contribution in [0.25, 0.3) is 0 Å². The second-order valence-electron chi connectivity index (χ2n) is 5.37. The van der Waals surface area contributed by atoms with E-state index in [4.69, 9.17) is 11.6 Å². The van der Waals surface area contributed by atoms with Gasteiger partial charge in [0, 0.05) is 7.05 Å². The van der Waals surface area contributed by atoms with E-state index in [9.17, 15) is 13.5 Å². The normalized spacial score (nSPS) is 19.5. The second-order valence-corrected chi connectivity index (χ2v) is 7.83. The molecule has 0 unspecified atom stereocenters. The van der Waals surface area contributed by atoms with Crippen LogP contribution in [0.4, 0.5) is 0 Å². The van der Waals surface area contributed by atoms with Crippen LogP contribution >= 0.6 is 11.6 Å². The number of aliphatic hydroxyl groups is 1. The number of hydrogen-bond acceptors (Lipinski definition) is 4. The largest absolute Gasteiger partial charge is 0.389 e. The van der Waals surface area contributed by atoms with Crippen LogP contribution in [0.2, 0.25) is 5.15 Å². The third-order valence-corrected chi connectivity index (χ3v) is 5.68. The van der Waals surface area contributed by atoms with E-state index < -0.39 is 15.4 Å². The van der Waals surface area contributed by atoms with Gasteiger partial charge in [0.25, 0.3) is 0 Å². The van der Waals surface area contributed by atoms with Crippen molar-refractivity contribution in [3.8, 4) is 0 Å². The van der Waals surface area contributed by atoms with Gasteiger partial charge in [-0.2, -0.15) is 0 Å². The van der Waals surface area contributed by atoms with Crippen molar-refractivity contribution in [1.82, 2.24) is 9.55 Å². The fourth-order valence-electron chi connectivity index (χ4n) is 2.57. The van der Waals surface area contributed by atoms with Crippen molar-refractivity contribution in [1.29, 1.82) is 0 Å². The quantitative estimate of drug-likeness (QED) is 0.918. The van der Waals surface area contributed by atoms with Crippen molar-refractivity contribution >= 4 is 21.4 Å². The zero-order valence-electron chi connectivity index (χ0n) is 11.0. The Labute approximate surface area is 118 Å². The van der Waals surface area contributed by atoms with Crippen LogP contribution in [0.5, 0.6) is 0 Å². The Morgan fingerprint density at radius 1 is 1.42 bits per heavy atom. The maximum absolute atomic E-state index is 12.2. The molecule has 1 N–H and O–H groups in total. The van der Waals surface area contributed by atoms with E-state index in [0.29, 0.717) is 23.8 Å². The summed E-state index contributed by atoms with van der Waals surface area (Å²) in [6.07, 6.45) is 5.40. The minimum Gasteiger partial charge on any atom is -0.389 e. The lowest BCUT2D eigenvalue weighted by atomic mass is 9.86. The van der Waals surface area contributed by atoms with Crippen LogP contribution in [0.1, 0.15) is 37.9 Å². The average molecular weight is 307 g/mol. The number of imidazole rings is 1. The van der Waals surface area contributed by atoms with Crippen LogP contribution in [0.3, 0.4) is 0 Å². The lowest BCUT2D eigenvalue weighted by Crippen LogP contribution is -2.39. The number of hydrogen-bond donors (Lipinski definition) is 1. The number of rotatable bonds is 4. The van der Waals surface area contributed by atoms with Gasteiger partial charge < -0.3 is 9.67 Å². The molecule has 108 valence electrons. The van der Waals surface area contributed by atoms with Crippen molar-refractivity contribution in [2.45, 2.75) is 43.5 Å². The molecule has 7 heteroatoms. The lowest BCUT2D eigenvalue weighted by molar-refractivity contribution is 0.0257. The first-order valence-corrected chi connectivity index (χ1v) is 8.60. The van der Waals surface area contributed by atoms with Gasteiger partial charge in [0.1, 0.15) is 16.7 Å². The number of nitrogens with zero attached hydrogens (tertiary/aromatic N) is 2. The molecule has 0 spiro atoms. The minimum atomic E-state index is -3.39. The van der Waals surface area contributed by atoms with Crippen molar-refractivity contribution in [2.75, 3.05) is 5.75 Å². The Balaban J connectivity index is 2.08. The number of aromatic nitrogens is 2. The van der Waals surface area contributed by atoms with Gasteiger partial charge in [-0.3, -0.25) is 0 Å². The molecule has 1 aliphatic carbocycles. The maximum Gasteiger partial charge on any atom is 0.160 e. The van der Waals surface area contributed by atoms with Gasteiger partial charge in [-0.1, -0.05) is 30.9 Å².